The Hall–Kier alpha value is -3.14. The van der Waals surface area contributed by atoms with Crippen LogP contribution in [0.15, 0.2) is 61.2 Å². The number of imidazole rings is 1. The lowest BCUT2D eigenvalue weighted by Gasteiger charge is -2.37. The van der Waals surface area contributed by atoms with Crippen molar-refractivity contribution in [3.63, 3.8) is 0 Å². The zero-order valence-electron chi connectivity index (χ0n) is 22.5. The minimum absolute atomic E-state index is 0.0319. The molecule has 0 spiro atoms. The van der Waals surface area contributed by atoms with E-state index in [9.17, 15) is 4.79 Å². The number of rotatable bonds is 10. The Morgan fingerprint density at radius 3 is 2.90 bits per heavy atom. The van der Waals surface area contributed by atoms with Gasteiger partial charge in [0.1, 0.15) is 4.99 Å². The Balaban J connectivity index is 1.46. The zero-order valence-corrected chi connectivity index (χ0v) is 24.2. The van der Waals surface area contributed by atoms with E-state index < -0.39 is 0 Å². The molecule has 1 aliphatic heterocycles. The number of amides is 1. The van der Waals surface area contributed by atoms with Gasteiger partial charge in [-0.05, 0) is 42.0 Å². The SMILES string of the molecule is CCCSN1CCC(n2cc(-c3cccc(C(N)=S)c3)c3ccc(CNC(=O)Cc4cnc[nH]4)cc32)C(C)C1. The number of carbonyl (C=O) groups excluding carboxylic acids is 1. The van der Waals surface area contributed by atoms with Gasteiger partial charge in [-0.25, -0.2) is 4.98 Å². The van der Waals surface area contributed by atoms with Gasteiger partial charge in [-0.3, -0.25) is 9.10 Å². The highest BCUT2D eigenvalue weighted by Crippen LogP contribution is 2.39. The molecule has 5 rings (SSSR count). The van der Waals surface area contributed by atoms with Crippen LogP contribution in [0.1, 0.15) is 49.6 Å². The van der Waals surface area contributed by atoms with Crippen molar-refractivity contribution in [2.24, 2.45) is 11.7 Å². The van der Waals surface area contributed by atoms with Gasteiger partial charge in [0, 0.05) is 71.5 Å². The van der Waals surface area contributed by atoms with Gasteiger partial charge in [-0.1, -0.05) is 68.3 Å². The van der Waals surface area contributed by atoms with Crippen LogP contribution >= 0.6 is 24.2 Å². The van der Waals surface area contributed by atoms with Gasteiger partial charge < -0.3 is 20.6 Å². The molecule has 4 aromatic rings. The monoisotopic (exact) mass is 560 g/mol. The molecule has 2 atom stereocenters. The minimum Gasteiger partial charge on any atom is -0.389 e. The fourth-order valence-corrected chi connectivity index (χ4v) is 6.56. The Morgan fingerprint density at radius 1 is 1.28 bits per heavy atom. The van der Waals surface area contributed by atoms with Crippen LogP contribution in [0.2, 0.25) is 0 Å². The predicted molar refractivity (Wildman–Crippen MR) is 165 cm³/mol. The lowest BCUT2D eigenvalue weighted by molar-refractivity contribution is -0.120. The Kier molecular flexibility index (Phi) is 8.69. The lowest BCUT2D eigenvalue weighted by atomic mass is 9.95. The molecular formula is C30H36N6OS2. The van der Waals surface area contributed by atoms with Gasteiger partial charge >= 0.3 is 0 Å². The van der Waals surface area contributed by atoms with Crippen molar-refractivity contribution in [1.29, 1.82) is 0 Å². The number of nitrogens with two attached hydrogens (primary N) is 1. The van der Waals surface area contributed by atoms with Crippen LogP contribution in [0.5, 0.6) is 0 Å². The van der Waals surface area contributed by atoms with Crippen molar-refractivity contribution in [3.8, 4) is 11.1 Å². The number of carbonyl (C=O) groups is 1. The van der Waals surface area contributed by atoms with Crippen molar-refractivity contribution >= 4 is 46.0 Å². The summed E-state index contributed by atoms with van der Waals surface area (Å²) in [5.74, 6) is 1.64. The van der Waals surface area contributed by atoms with Crippen molar-refractivity contribution in [1.82, 2.24) is 24.2 Å². The molecule has 39 heavy (non-hydrogen) atoms. The summed E-state index contributed by atoms with van der Waals surface area (Å²) in [6.07, 6.45) is 8.15. The van der Waals surface area contributed by atoms with Crippen molar-refractivity contribution in [2.45, 2.75) is 45.7 Å². The number of hydrogen-bond acceptors (Lipinski definition) is 5. The van der Waals surface area contributed by atoms with E-state index in [0.717, 1.165) is 41.9 Å². The summed E-state index contributed by atoms with van der Waals surface area (Å²) in [4.78, 5) is 19.9. The third-order valence-electron chi connectivity index (χ3n) is 7.41. The van der Waals surface area contributed by atoms with Crippen molar-refractivity contribution < 1.29 is 4.79 Å². The van der Waals surface area contributed by atoms with E-state index in [1.165, 1.54) is 28.6 Å². The highest BCUT2D eigenvalue weighted by atomic mass is 32.2. The number of aromatic nitrogens is 3. The van der Waals surface area contributed by atoms with Crippen LogP contribution in [0.4, 0.5) is 0 Å². The molecule has 2 unspecified atom stereocenters. The number of piperidine rings is 1. The molecule has 1 fully saturated rings. The van der Waals surface area contributed by atoms with E-state index in [1.807, 2.05) is 24.1 Å². The van der Waals surface area contributed by atoms with E-state index in [0.29, 0.717) is 23.5 Å². The molecular weight excluding hydrogens is 525 g/mol. The lowest BCUT2D eigenvalue weighted by Crippen LogP contribution is -2.36. The second-order valence-electron chi connectivity index (χ2n) is 10.3. The summed E-state index contributed by atoms with van der Waals surface area (Å²) in [5.41, 5.74) is 12.2. The molecule has 7 nitrogen and oxygen atoms in total. The molecule has 204 valence electrons. The minimum atomic E-state index is -0.0319. The number of thiocarbonyl (C=S) groups is 1. The maximum absolute atomic E-state index is 12.5. The second kappa shape index (κ2) is 12.4. The smallest absolute Gasteiger partial charge is 0.226 e. The molecule has 9 heteroatoms. The molecule has 4 N–H and O–H groups in total. The maximum Gasteiger partial charge on any atom is 0.226 e. The summed E-state index contributed by atoms with van der Waals surface area (Å²) in [7, 11) is 0. The number of nitrogens with zero attached hydrogens (tertiary/aromatic N) is 3. The summed E-state index contributed by atoms with van der Waals surface area (Å²) in [6, 6.07) is 15.1. The topological polar surface area (TPSA) is 92.0 Å². The average Bonchev–Trinajstić information content (AvgIpc) is 3.58. The molecule has 1 saturated heterocycles. The van der Waals surface area contributed by atoms with Crippen LogP contribution in [0.25, 0.3) is 22.0 Å². The highest BCUT2D eigenvalue weighted by Gasteiger charge is 2.29. The van der Waals surface area contributed by atoms with Crippen LogP contribution in [-0.2, 0) is 17.8 Å². The first-order chi connectivity index (χ1) is 18.9. The van der Waals surface area contributed by atoms with Gasteiger partial charge in [-0.15, -0.1) is 0 Å². The predicted octanol–water partition coefficient (Wildman–Crippen LogP) is 5.47. The number of fused-ring (bicyclic) bond motifs is 1. The van der Waals surface area contributed by atoms with E-state index in [2.05, 4.69) is 74.5 Å². The largest absolute Gasteiger partial charge is 0.389 e. The van der Waals surface area contributed by atoms with Gasteiger partial charge in [0.15, 0.2) is 0 Å². The van der Waals surface area contributed by atoms with Gasteiger partial charge in [0.25, 0.3) is 0 Å². The number of H-pyrrole nitrogens is 1. The molecule has 0 radical (unpaired) electrons. The summed E-state index contributed by atoms with van der Waals surface area (Å²) < 4.78 is 5.00. The first kappa shape index (κ1) is 27.4. The third kappa shape index (κ3) is 6.37. The summed E-state index contributed by atoms with van der Waals surface area (Å²) >= 11 is 7.24. The van der Waals surface area contributed by atoms with Crippen LogP contribution in [-0.4, -0.2) is 48.6 Å². The Labute approximate surface area is 239 Å². The first-order valence-electron chi connectivity index (χ1n) is 13.6. The van der Waals surface area contributed by atoms with Crippen LogP contribution < -0.4 is 11.1 Å². The second-order valence-corrected chi connectivity index (χ2v) is 12.0. The number of aromatic amines is 1. The summed E-state index contributed by atoms with van der Waals surface area (Å²) in [6.45, 7) is 7.23. The normalized spacial score (nSPS) is 17.9. The maximum atomic E-state index is 12.5. The van der Waals surface area contributed by atoms with Crippen molar-refractivity contribution in [2.75, 3.05) is 18.8 Å². The van der Waals surface area contributed by atoms with E-state index in [1.54, 1.807) is 12.5 Å². The highest BCUT2D eigenvalue weighted by molar-refractivity contribution is 7.97. The van der Waals surface area contributed by atoms with Gasteiger partial charge in [0.2, 0.25) is 5.91 Å². The molecule has 3 heterocycles. The van der Waals surface area contributed by atoms with E-state index in [4.69, 9.17) is 18.0 Å². The molecule has 2 aromatic carbocycles. The average molecular weight is 561 g/mol. The molecule has 0 bridgehead atoms. The molecule has 0 saturated carbocycles. The fourth-order valence-electron chi connectivity index (χ4n) is 5.41. The number of benzene rings is 2. The van der Waals surface area contributed by atoms with Crippen LogP contribution in [0.3, 0.4) is 0 Å². The van der Waals surface area contributed by atoms with Crippen molar-refractivity contribution in [3.05, 3.63) is 78.0 Å². The van der Waals surface area contributed by atoms with Gasteiger partial charge in [0.05, 0.1) is 12.7 Å². The van der Waals surface area contributed by atoms with E-state index >= 15 is 0 Å². The standard InChI is InChI=1S/C30H36N6OS2/c1-3-11-39-35-10-9-27(20(2)17-35)36-18-26(22-5-4-6-23(13-22)30(31)38)25-8-7-21(12-28(25)36)15-33-29(37)14-24-16-32-19-34-24/h4-8,12-13,16,18-20,27H,3,9-11,14-15,17H2,1-2H3,(H2,31,38)(H,32,34)(H,33,37). The quantitative estimate of drug-likeness (QED) is 0.176. The third-order valence-corrected chi connectivity index (χ3v) is 8.93. The van der Waals surface area contributed by atoms with E-state index in [-0.39, 0.29) is 12.3 Å². The number of hydrogen-bond donors (Lipinski definition) is 3. The van der Waals surface area contributed by atoms with Gasteiger partial charge in [-0.2, -0.15) is 0 Å². The Bertz CT molecular complexity index is 1450. The Morgan fingerprint density at radius 2 is 2.15 bits per heavy atom. The molecule has 1 aliphatic rings. The number of nitrogens with one attached hydrogen (secondary N) is 2. The van der Waals surface area contributed by atoms with Crippen LogP contribution in [0, 0.1) is 5.92 Å². The molecule has 1 amide bonds. The molecule has 2 aromatic heterocycles. The first-order valence-corrected chi connectivity index (χ1v) is 14.9. The summed E-state index contributed by atoms with van der Waals surface area (Å²) in [5, 5.41) is 4.25. The zero-order chi connectivity index (χ0) is 27.4. The fraction of sp³-hybridized carbons (Fsp3) is 0.367. The molecule has 0 aliphatic carbocycles.